The smallest absolute Gasteiger partial charge is 0.255 e. The molecule has 8 nitrogen and oxygen atoms in total. The lowest BCUT2D eigenvalue weighted by Gasteiger charge is -2.26. The summed E-state index contributed by atoms with van der Waals surface area (Å²) in [7, 11) is 0. The Kier molecular flexibility index (Phi) is 7.07. The molecule has 1 aromatic heterocycles. The predicted molar refractivity (Wildman–Crippen MR) is 140 cm³/mol. The molecule has 1 aliphatic heterocycles. The zero-order valence-electron chi connectivity index (χ0n) is 20.3. The van der Waals surface area contributed by atoms with E-state index in [1.54, 1.807) is 23.0 Å². The van der Waals surface area contributed by atoms with Gasteiger partial charge in [0.15, 0.2) is 0 Å². The lowest BCUT2D eigenvalue weighted by Crippen LogP contribution is -2.49. The van der Waals surface area contributed by atoms with Gasteiger partial charge in [-0.05, 0) is 23.3 Å². The molecule has 0 bridgehead atoms. The number of hydrogen-bond donors (Lipinski definition) is 2. The Hall–Kier alpha value is -4.72. The molecule has 0 spiro atoms. The first kappa shape index (κ1) is 24.0. The SMILES string of the molecule is O=C1CN(C(=O)c2ccc(CNC(=O)c3cn(Cc4ccccc4)nc3-c3ccccc3)cc2)CCN1. The van der Waals surface area contributed by atoms with Gasteiger partial charge < -0.3 is 15.5 Å². The van der Waals surface area contributed by atoms with E-state index in [0.29, 0.717) is 43.0 Å². The van der Waals surface area contributed by atoms with Gasteiger partial charge in [0.05, 0.1) is 18.7 Å². The molecule has 3 amide bonds. The second kappa shape index (κ2) is 10.9. The molecule has 2 heterocycles. The largest absolute Gasteiger partial charge is 0.353 e. The molecule has 37 heavy (non-hydrogen) atoms. The zero-order valence-corrected chi connectivity index (χ0v) is 20.3. The Bertz CT molecular complexity index is 1400. The van der Waals surface area contributed by atoms with Gasteiger partial charge in [-0.2, -0.15) is 5.10 Å². The molecule has 3 aromatic carbocycles. The minimum absolute atomic E-state index is 0.0678. The van der Waals surface area contributed by atoms with Crippen molar-refractivity contribution in [3.05, 3.63) is 113 Å². The highest BCUT2D eigenvalue weighted by atomic mass is 16.2. The lowest BCUT2D eigenvalue weighted by molar-refractivity contribution is -0.123. The van der Waals surface area contributed by atoms with Gasteiger partial charge in [0, 0.05) is 37.0 Å². The van der Waals surface area contributed by atoms with Gasteiger partial charge in [0.25, 0.3) is 11.8 Å². The third kappa shape index (κ3) is 5.75. The van der Waals surface area contributed by atoms with E-state index in [2.05, 4.69) is 10.6 Å². The second-order valence-corrected chi connectivity index (χ2v) is 8.90. The maximum absolute atomic E-state index is 13.2. The van der Waals surface area contributed by atoms with Gasteiger partial charge in [-0.25, -0.2) is 0 Å². The highest BCUT2D eigenvalue weighted by Gasteiger charge is 2.22. The summed E-state index contributed by atoms with van der Waals surface area (Å²) in [4.78, 5) is 39.0. The molecule has 0 radical (unpaired) electrons. The van der Waals surface area contributed by atoms with Crippen LogP contribution in [0, 0.1) is 0 Å². The topological polar surface area (TPSA) is 96.3 Å². The van der Waals surface area contributed by atoms with Crippen molar-refractivity contribution in [2.75, 3.05) is 19.6 Å². The monoisotopic (exact) mass is 493 g/mol. The van der Waals surface area contributed by atoms with Gasteiger partial charge in [0.2, 0.25) is 5.91 Å². The Morgan fingerprint density at radius 1 is 0.892 bits per heavy atom. The second-order valence-electron chi connectivity index (χ2n) is 8.90. The maximum Gasteiger partial charge on any atom is 0.255 e. The summed E-state index contributed by atoms with van der Waals surface area (Å²) in [5, 5.41) is 10.4. The summed E-state index contributed by atoms with van der Waals surface area (Å²) in [6.07, 6.45) is 1.78. The molecule has 186 valence electrons. The number of carbonyl (C=O) groups excluding carboxylic acids is 3. The lowest BCUT2D eigenvalue weighted by atomic mass is 10.1. The number of rotatable bonds is 7. The molecule has 2 N–H and O–H groups in total. The van der Waals surface area contributed by atoms with Crippen LogP contribution in [0.25, 0.3) is 11.3 Å². The van der Waals surface area contributed by atoms with Crippen LogP contribution < -0.4 is 10.6 Å². The van der Waals surface area contributed by atoms with Crippen molar-refractivity contribution in [3.8, 4) is 11.3 Å². The molecule has 0 aliphatic carbocycles. The number of hydrogen-bond acceptors (Lipinski definition) is 4. The third-order valence-corrected chi connectivity index (χ3v) is 6.22. The molecule has 1 fully saturated rings. The van der Waals surface area contributed by atoms with Gasteiger partial charge in [0.1, 0.15) is 5.69 Å². The Morgan fingerprint density at radius 3 is 2.30 bits per heavy atom. The van der Waals surface area contributed by atoms with E-state index < -0.39 is 0 Å². The Morgan fingerprint density at radius 2 is 1.59 bits per heavy atom. The number of benzene rings is 3. The van der Waals surface area contributed by atoms with Crippen LogP contribution in [0.5, 0.6) is 0 Å². The average molecular weight is 494 g/mol. The van der Waals surface area contributed by atoms with Crippen LogP contribution in [0.15, 0.2) is 91.1 Å². The fourth-order valence-corrected chi connectivity index (χ4v) is 4.29. The molecule has 5 rings (SSSR count). The molecule has 4 aromatic rings. The number of aromatic nitrogens is 2. The van der Waals surface area contributed by atoms with Crippen LogP contribution in [-0.4, -0.2) is 52.0 Å². The summed E-state index contributed by atoms with van der Waals surface area (Å²) in [5.74, 6) is -0.553. The predicted octanol–water partition coefficient (Wildman–Crippen LogP) is 3.10. The minimum atomic E-state index is -0.224. The first-order valence-corrected chi connectivity index (χ1v) is 12.2. The van der Waals surface area contributed by atoms with E-state index in [0.717, 1.165) is 16.7 Å². The van der Waals surface area contributed by atoms with Crippen LogP contribution in [0.1, 0.15) is 31.8 Å². The van der Waals surface area contributed by atoms with E-state index in [1.807, 2.05) is 72.8 Å². The Labute approximate surface area is 214 Å². The van der Waals surface area contributed by atoms with E-state index in [4.69, 9.17) is 5.10 Å². The quantitative estimate of drug-likeness (QED) is 0.414. The van der Waals surface area contributed by atoms with Crippen molar-refractivity contribution in [2.45, 2.75) is 13.1 Å². The van der Waals surface area contributed by atoms with Crippen molar-refractivity contribution >= 4 is 17.7 Å². The summed E-state index contributed by atoms with van der Waals surface area (Å²) < 4.78 is 1.79. The summed E-state index contributed by atoms with van der Waals surface area (Å²) >= 11 is 0. The summed E-state index contributed by atoms with van der Waals surface area (Å²) in [5.41, 5.74) is 4.46. The molecule has 0 atom stereocenters. The van der Waals surface area contributed by atoms with E-state index in [-0.39, 0.29) is 24.3 Å². The standard InChI is InChI=1S/C29H27N5O3/c35-26-20-33(16-15-30-26)29(37)24-13-11-21(12-14-24)17-31-28(36)25-19-34(18-22-7-3-1-4-8-22)32-27(25)23-9-5-2-6-10-23/h1-14,19H,15-18,20H2,(H,30,35)(H,31,36). The van der Waals surface area contributed by atoms with Crippen LogP contribution >= 0.6 is 0 Å². The summed E-state index contributed by atoms with van der Waals surface area (Å²) in [6, 6.07) is 26.7. The van der Waals surface area contributed by atoms with Gasteiger partial charge in [-0.1, -0.05) is 72.8 Å². The highest BCUT2D eigenvalue weighted by molar-refractivity contribution is 6.00. The highest BCUT2D eigenvalue weighted by Crippen LogP contribution is 2.22. The van der Waals surface area contributed by atoms with Gasteiger partial charge in [-0.3, -0.25) is 19.1 Å². The fourth-order valence-electron chi connectivity index (χ4n) is 4.29. The van der Waals surface area contributed by atoms with Crippen LogP contribution in [0.4, 0.5) is 0 Å². The van der Waals surface area contributed by atoms with Crippen molar-refractivity contribution in [1.29, 1.82) is 0 Å². The zero-order chi connectivity index (χ0) is 25.6. The molecular formula is C29H27N5O3. The number of amides is 3. The third-order valence-electron chi connectivity index (χ3n) is 6.22. The van der Waals surface area contributed by atoms with Crippen molar-refractivity contribution in [2.24, 2.45) is 0 Å². The van der Waals surface area contributed by atoms with E-state index in [9.17, 15) is 14.4 Å². The summed E-state index contributed by atoms with van der Waals surface area (Å²) in [6.45, 7) is 1.88. The molecular weight excluding hydrogens is 466 g/mol. The molecule has 0 unspecified atom stereocenters. The van der Waals surface area contributed by atoms with Gasteiger partial charge >= 0.3 is 0 Å². The van der Waals surface area contributed by atoms with Crippen LogP contribution in [0.3, 0.4) is 0 Å². The fraction of sp³-hybridized carbons (Fsp3) is 0.172. The van der Waals surface area contributed by atoms with Gasteiger partial charge in [-0.15, -0.1) is 0 Å². The molecule has 1 saturated heterocycles. The molecule has 1 aliphatic rings. The first-order valence-electron chi connectivity index (χ1n) is 12.2. The van der Waals surface area contributed by atoms with E-state index in [1.165, 1.54) is 4.90 Å². The number of carbonyl (C=O) groups is 3. The minimum Gasteiger partial charge on any atom is -0.353 e. The van der Waals surface area contributed by atoms with Crippen molar-refractivity contribution in [3.63, 3.8) is 0 Å². The van der Waals surface area contributed by atoms with Crippen molar-refractivity contribution in [1.82, 2.24) is 25.3 Å². The van der Waals surface area contributed by atoms with E-state index >= 15 is 0 Å². The number of nitrogens with one attached hydrogen (secondary N) is 2. The van der Waals surface area contributed by atoms with Crippen LogP contribution in [0.2, 0.25) is 0 Å². The molecule has 8 heteroatoms. The van der Waals surface area contributed by atoms with Crippen LogP contribution in [-0.2, 0) is 17.9 Å². The number of piperazine rings is 1. The average Bonchev–Trinajstić information content (AvgIpc) is 3.36. The maximum atomic E-state index is 13.2. The Balaban J connectivity index is 1.28. The van der Waals surface area contributed by atoms with Crippen molar-refractivity contribution < 1.29 is 14.4 Å². The molecule has 0 saturated carbocycles. The first-order chi connectivity index (χ1) is 18.1. The number of nitrogens with zero attached hydrogens (tertiary/aromatic N) is 3. The normalized spacial score (nSPS) is 13.2.